The van der Waals surface area contributed by atoms with Gasteiger partial charge in [-0.1, -0.05) is 31.0 Å². The smallest absolute Gasteiger partial charge is 0.153 e. The molecule has 1 rings (SSSR count). The molecule has 0 radical (unpaired) electrons. The fourth-order valence-electron chi connectivity index (χ4n) is 1.69. The number of aliphatic imine (C=N–C) groups is 2. The van der Waals surface area contributed by atoms with Gasteiger partial charge in [0.1, 0.15) is 0 Å². The molecule has 0 saturated carbocycles. The van der Waals surface area contributed by atoms with Crippen molar-refractivity contribution in [3.8, 4) is 11.8 Å². The number of benzene rings is 1. The molecule has 0 aromatic heterocycles. The highest BCUT2D eigenvalue weighted by Gasteiger charge is 2.26. The number of para-hydroxylation sites is 1. The standard InChI is InChI=1S/C16H20N2O/c1-5-11-16(3,19-4)14-9-7-8-10-15(14)18-13-17-12-6-2/h7-10H,6,12H2,1-4H3. The van der Waals surface area contributed by atoms with Crippen LogP contribution in [0.5, 0.6) is 0 Å². The van der Waals surface area contributed by atoms with Crippen LogP contribution in [0.4, 0.5) is 5.69 Å². The van der Waals surface area contributed by atoms with Gasteiger partial charge in [0.15, 0.2) is 5.60 Å². The lowest BCUT2D eigenvalue weighted by Gasteiger charge is -2.23. The van der Waals surface area contributed by atoms with Crippen LogP contribution in [-0.2, 0) is 10.3 Å². The fourth-order valence-corrected chi connectivity index (χ4v) is 1.69. The van der Waals surface area contributed by atoms with Crippen LogP contribution in [0.2, 0.25) is 0 Å². The summed E-state index contributed by atoms with van der Waals surface area (Å²) in [7, 11) is 1.65. The molecule has 1 aromatic carbocycles. The van der Waals surface area contributed by atoms with Gasteiger partial charge in [0.25, 0.3) is 0 Å². The molecule has 0 aliphatic heterocycles. The Hall–Kier alpha value is -1.88. The second-order valence-electron chi connectivity index (χ2n) is 4.22. The second-order valence-corrected chi connectivity index (χ2v) is 4.22. The molecule has 0 aliphatic carbocycles. The Labute approximate surface area is 115 Å². The van der Waals surface area contributed by atoms with E-state index in [4.69, 9.17) is 4.74 Å². The summed E-state index contributed by atoms with van der Waals surface area (Å²) in [4.78, 5) is 8.36. The van der Waals surface area contributed by atoms with Gasteiger partial charge in [0.2, 0.25) is 0 Å². The van der Waals surface area contributed by atoms with Crippen LogP contribution >= 0.6 is 0 Å². The molecule has 0 aliphatic rings. The van der Waals surface area contributed by atoms with E-state index in [0.717, 1.165) is 24.2 Å². The van der Waals surface area contributed by atoms with E-state index in [-0.39, 0.29) is 0 Å². The molecule has 0 heterocycles. The zero-order valence-corrected chi connectivity index (χ0v) is 12.0. The third-order valence-electron chi connectivity index (χ3n) is 2.77. The van der Waals surface area contributed by atoms with Crippen LogP contribution in [0, 0.1) is 11.8 Å². The van der Waals surface area contributed by atoms with Crippen LogP contribution in [0.15, 0.2) is 34.3 Å². The topological polar surface area (TPSA) is 34.0 Å². The van der Waals surface area contributed by atoms with E-state index in [9.17, 15) is 0 Å². The van der Waals surface area contributed by atoms with E-state index >= 15 is 0 Å². The molecule has 1 unspecified atom stereocenters. The number of rotatable bonds is 5. The van der Waals surface area contributed by atoms with Crippen LogP contribution in [0.1, 0.15) is 32.8 Å². The Bertz CT molecular complexity index is 533. The lowest BCUT2D eigenvalue weighted by atomic mass is 9.94. The highest BCUT2D eigenvalue weighted by atomic mass is 16.5. The first-order chi connectivity index (χ1) is 9.18. The van der Waals surface area contributed by atoms with Crippen molar-refractivity contribution in [1.82, 2.24) is 0 Å². The van der Waals surface area contributed by atoms with Gasteiger partial charge in [0, 0.05) is 19.2 Å². The number of hydrogen-bond acceptors (Lipinski definition) is 3. The first-order valence-corrected chi connectivity index (χ1v) is 6.38. The van der Waals surface area contributed by atoms with E-state index in [1.165, 1.54) is 0 Å². The Kier molecular flexibility index (Phi) is 6.02. The van der Waals surface area contributed by atoms with Crippen LogP contribution < -0.4 is 0 Å². The van der Waals surface area contributed by atoms with Crippen molar-refractivity contribution in [3.63, 3.8) is 0 Å². The molecule has 1 aromatic rings. The van der Waals surface area contributed by atoms with E-state index in [1.54, 1.807) is 14.0 Å². The fraction of sp³-hybridized carbons (Fsp3) is 0.438. The predicted octanol–water partition coefficient (Wildman–Crippen LogP) is 3.79. The molecule has 1 atom stereocenters. The maximum atomic E-state index is 5.54. The lowest BCUT2D eigenvalue weighted by Crippen LogP contribution is -2.22. The van der Waals surface area contributed by atoms with Crippen molar-refractivity contribution in [2.24, 2.45) is 9.98 Å². The Morgan fingerprint density at radius 3 is 2.68 bits per heavy atom. The van der Waals surface area contributed by atoms with Crippen molar-refractivity contribution in [2.45, 2.75) is 32.8 Å². The van der Waals surface area contributed by atoms with Crippen molar-refractivity contribution in [1.29, 1.82) is 0 Å². The van der Waals surface area contributed by atoms with Gasteiger partial charge in [-0.3, -0.25) is 0 Å². The van der Waals surface area contributed by atoms with Crippen molar-refractivity contribution in [3.05, 3.63) is 29.8 Å². The van der Waals surface area contributed by atoms with Gasteiger partial charge in [-0.05, 0) is 26.3 Å². The van der Waals surface area contributed by atoms with E-state index in [2.05, 4.69) is 34.8 Å². The summed E-state index contributed by atoms with van der Waals surface area (Å²) >= 11 is 0. The highest BCUT2D eigenvalue weighted by Crippen LogP contribution is 2.31. The van der Waals surface area contributed by atoms with Gasteiger partial charge in [-0.15, -0.1) is 5.92 Å². The summed E-state index contributed by atoms with van der Waals surface area (Å²) in [6.45, 7) is 6.53. The van der Waals surface area contributed by atoms with Crippen molar-refractivity contribution >= 4 is 11.7 Å². The van der Waals surface area contributed by atoms with Crippen molar-refractivity contribution < 1.29 is 4.74 Å². The van der Waals surface area contributed by atoms with E-state index < -0.39 is 5.60 Å². The largest absolute Gasteiger partial charge is 0.362 e. The minimum atomic E-state index is -0.665. The van der Waals surface area contributed by atoms with Crippen molar-refractivity contribution in [2.75, 3.05) is 13.7 Å². The minimum absolute atomic E-state index is 0.665. The number of nitrogens with zero attached hydrogens (tertiary/aromatic N) is 2. The molecule has 100 valence electrons. The molecule has 19 heavy (non-hydrogen) atoms. The summed E-state index contributed by atoms with van der Waals surface area (Å²) in [5.74, 6) is 5.98. The van der Waals surface area contributed by atoms with Gasteiger partial charge < -0.3 is 4.74 Å². The number of hydrogen-bond donors (Lipinski definition) is 0. The average molecular weight is 256 g/mol. The molecular weight excluding hydrogens is 236 g/mol. The summed E-state index contributed by atoms with van der Waals surface area (Å²) in [5, 5.41) is 0. The minimum Gasteiger partial charge on any atom is -0.362 e. The SMILES string of the molecule is CC#CC(C)(OC)c1ccccc1N=C=NCCC. The van der Waals surface area contributed by atoms with Gasteiger partial charge >= 0.3 is 0 Å². The molecule has 0 N–H and O–H groups in total. The molecule has 0 bridgehead atoms. The zero-order chi connectivity index (χ0) is 14.1. The maximum Gasteiger partial charge on any atom is 0.153 e. The maximum absolute atomic E-state index is 5.54. The van der Waals surface area contributed by atoms with Gasteiger partial charge in [0.05, 0.1) is 11.7 Å². The quantitative estimate of drug-likeness (QED) is 0.583. The van der Waals surface area contributed by atoms with Crippen LogP contribution in [0.25, 0.3) is 0 Å². The first-order valence-electron chi connectivity index (χ1n) is 6.38. The molecule has 0 saturated heterocycles. The molecule has 3 heteroatoms. The Morgan fingerprint density at radius 2 is 2.05 bits per heavy atom. The summed E-state index contributed by atoms with van der Waals surface area (Å²) in [5.41, 5.74) is 1.04. The number of methoxy groups -OCH3 is 1. The third kappa shape index (κ3) is 4.06. The average Bonchev–Trinajstić information content (AvgIpc) is 2.44. The molecule has 0 amide bonds. The number of ether oxygens (including phenoxy) is 1. The summed E-state index contributed by atoms with van der Waals surface area (Å²) in [6.07, 6.45) is 0.987. The van der Waals surface area contributed by atoms with E-state index in [0.29, 0.717) is 0 Å². The predicted molar refractivity (Wildman–Crippen MR) is 78.9 cm³/mol. The molecule has 0 fully saturated rings. The molecule has 3 nitrogen and oxygen atoms in total. The third-order valence-corrected chi connectivity index (χ3v) is 2.77. The molecule has 0 spiro atoms. The van der Waals surface area contributed by atoms with Crippen LogP contribution in [0.3, 0.4) is 0 Å². The molecular formula is C16H20N2O. The second kappa shape index (κ2) is 7.53. The monoisotopic (exact) mass is 256 g/mol. The van der Waals surface area contributed by atoms with E-state index in [1.807, 2.05) is 31.2 Å². The van der Waals surface area contributed by atoms with Gasteiger partial charge in [-0.2, -0.15) is 4.99 Å². The first kappa shape index (κ1) is 15.2. The zero-order valence-electron chi connectivity index (χ0n) is 12.0. The normalized spacial score (nSPS) is 12.6. The summed E-state index contributed by atoms with van der Waals surface area (Å²) in [6, 6.07) is 10.5. The van der Waals surface area contributed by atoms with Crippen LogP contribution in [-0.4, -0.2) is 19.7 Å². The lowest BCUT2D eigenvalue weighted by molar-refractivity contribution is 0.0556. The summed E-state index contributed by atoms with van der Waals surface area (Å²) < 4.78 is 5.54. The Morgan fingerprint density at radius 1 is 1.32 bits per heavy atom. The highest BCUT2D eigenvalue weighted by molar-refractivity contribution is 5.59. The Balaban J connectivity index is 3.21. The van der Waals surface area contributed by atoms with Gasteiger partial charge in [-0.25, -0.2) is 4.99 Å².